The number of nitrogens with zero attached hydrogens (tertiary/aromatic N) is 1. The van der Waals surface area contributed by atoms with E-state index in [4.69, 9.17) is 16.3 Å². The Kier molecular flexibility index (Phi) is 8.71. The molecule has 0 radical (unpaired) electrons. The van der Waals surface area contributed by atoms with Crippen LogP contribution in [0.1, 0.15) is 36.1 Å². The first-order chi connectivity index (χ1) is 16.0. The van der Waals surface area contributed by atoms with Gasteiger partial charge >= 0.3 is 0 Å². The number of carbonyl (C=O) groups is 1. The van der Waals surface area contributed by atoms with Crippen LogP contribution in [-0.2, 0) is 17.6 Å². The number of anilines is 1. The third-order valence-corrected chi connectivity index (χ3v) is 6.24. The van der Waals surface area contributed by atoms with Crippen LogP contribution in [-0.4, -0.2) is 12.5 Å². The lowest BCUT2D eigenvalue weighted by atomic mass is 10.0. The zero-order chi connectivity index (χ0) is 23.8. The van der Waals surface area contributed by atoms with Crippen LogP contribution in [0, 0.1) is 11.3 Å². The monoisotopic (exact) mass is 522 g/mol. The second-order valence-electron chi connectivity index (χ2n) is 7.32. The summed E-state index contributed by atoms with van der Waals surface area (Å²) in [6, 6.07) is 21.0. The van der Waals surface area contributed by atoms with Crippen LogP contribution in [0.15, 0.2) is 70.7 Å². The van der Waals surface area contributed by atoms with E-state index >= 15 is 0 Å². The van der Waals surface area contributed by atoms with E-state index in [9.17, 15) is 10.1 Å². The van der Waals surface area contributed by atoms with Crippen LogP contribution < -0.4 is 10.1 Å². The Morgan fingerprint density at radius 2 is 1.82 bits per heavy atom. The fraction of sp³-hybridized carbons (Fsp3) is 0.185. The summed E-state index contributed by atoms with van der Waals surface area (Å²) in [5.41, 5.74) is 4.23. The Morgan fingerprint density at radius 3 is 2.48 bits per heavy atom. The summed E-state index contributed by atoms with van der Waals surface area (Å²) in [4.78, 5) is 12.8. The quantitative estimate of drug-likeness (QED) is 0.251. The number of carbonyl (C=O) groups excluding carboxylic acids is 1. The minimum atomic E-state index is -0.468. The van der Waals surface area contributed by atoms with Gasteiger partial charge in [-0.1, -0.05) is 70.9 Å². The first kappa shape index (κ1) is 24.6. The Morgan fingerprint density at radius 1 is 1.12 bits per heavy atom. The minimum absolute atomic E-state index is 0.0158. The highest BCUT2D eigenvalue weighted by atomic mass is 79.9. The van der Waals surface area contributed by atoms with Gasteiger partial charge in [-0.2, -0.15) is 5.26 Å². The van der Waals surface area contributed by atoms with Gasteiger partial charge in [0.25, 0.3) is 5.91 Å². The number of halogens is 2. The smallest absolute Gasteiger partial charge is 0.266 e. The maximum Gasteiger partial charge on any atom is 0.266 e. The molecular weight excluding hydrogens is 500 g/mol. The Labute approximate surface area is 208 Å². The normalized spacial score (nSPS) is 11.1. The Hall–Kier alpha value is -3.07. The average molecular weight is 524 g/mol. The molecule has 3 aromatic carbocycles. The van der Waals surface area contributed by atoms with Gasteiger partial charge < -0.3 is 10.1 Å². The molecule has 0 aromatic heterocycles. The zero-order valence-electron chi connectivity index (χ0n) is 18.5. The molecule has 0 bridgehead atoms. The first-order valence-corrected chi connectivity index (χ1v) is 11.8. The number of nitrogens with one attached hydrogen (secondary N) is 1. The van der Waals surface area contributed by atoms with Gasteiger partial charge in [-0.15, -0.1) is 0 Å². The van der Waals surface area contributed by atoms with Crippen molar-refractivity contribution in [3.05, 3.63) is 98.0 Å². The van der Waals surface area contributed by atoms with Crippen LogP contribution in [0.5, 0.6) is 5.75 Å². The number of aryl methyl sites for hydroxylation is 1. The summed E-state index contributed by atoms with van der Waals surface area (Å²) in [6.07, 6.45) is 2.88. The highest BCUT2D eigenvalue weighted by molar-refractivity contribution is 9.10. The van der Waals surface area contributed by atoms with E-state index in [1.165, 1.54) is 6.08 Å². The summed E-state index contributed by atoms with van der Waals surface area (Å²) in [7, 11) is 0. The molecule has 168 valence electrons. The van der Waals surface area contributed by atoms with Crippen LogP contribution >= 0.6 is 27.5 Å². The molecule has 1 amide bonds. The molecule has 4 nitrogen and oxygen atoms in total. The molecule has 0 aliphatic rings. The summed E-state index contributed by atoms with van der Waals surface area (Å²) in [6.45, 7) is 4.38. The van der Waals surface area contributed by atoms with Gasteiger partial charge in [0.15, 0.2) is 0 Å². The molecule has 3 rings (SSSR count). The number of hydrogen-bond donors (Lipinski definition) is 1. The van der Waals surface area contributed by atoms with E-state index in [2.05, 4.69) is 21.2 Å². The second kappa shape index (κ2) is 11.7. The molecule has 3 aromatic rings. The van der Waals surface area contributed by atoms with Gasteiger partial charge in [0.1, 0.15) is 17.4 Å². The fourth-order valence-electron chi connectivity index (χ4n) is 3.46. The van der Waals surface area contributed by atoms with E-state index in [0.29, 0.717) is 35.1 Å². The maximum atomic E-state index is 12.8. The average Bonchev–Trinajstić information content (AvgIpc) is 2.81. The molecule has 0 aliphatic carbocycles. The Balaban J connectivity index is 1.93. The van der Waals surface area contributed by atoms with Crippen molar-refractivity contribution < 1.29 is 9.53 Å². The topological polar surface area (TPSA) is 62.1 Å². The number of rotatable bonds is 8. The number of nitriles is 1. The van der Waals surface area contributed by atoms with Crippen molar-refractivity contribution in [3.63, 3.8) is 0 Å². The molecule has 6 heteroatoms. The van der Waals surface area contributed by atoms with Crippen molar-refractivity contribution in [3.8, 4) is 11.8 Å². The second-order valence-corrected chi connectivity index (χ2v) is 8.58. The van der Waals surface area contributed by atoms with Crippen molar-refractivity contribution in [2.24, 2.45) is 0 Å². The minimum Gasteiger partial charge on any atom is -0.494 e. The number of benzene rings is 3. The molecule has 0 spiro atoms. The fourth-order valence-corrected chi connectivity index (χ4v) is 4.17. The molecule has 0 saturated carbocycles. The van der Waals surface area contributed by atoms with E-state index in [0.717, 1.165) is 27.6 Å². The molecule has 1 N–H and O–H groups in total. The SMILES string of the molecule is CCOc1cc(/C=C(\C#N)C(=O)Nc2ccccc2CC)cc(Cl)c1Cc1ccccc1Br. The van der Waals surface area contributed by atoms with Crippen LogP contribution in [0.3, 0.4) is 0 Å². The lowest BCUT2D eigenvalue weighted by molar-refractivity contribution is -0.112. The number of ether oxygens (including phenoxy) is 1. The Bertz CT molecular complexity index is 1230. The number of para-hydroxylation sites is 1. The summed E-state index contributed by atoms with van der Waals surface area (Å²) < 4.78 is 6.85. The maximum absolute atomic E-state index is 12.8. The summed E-state index contributed by atoms with van der Waals surface area (Å²) in [5.74, 6) is 0.158. The van der Waals surface area contributed by atoms with Gasteiger partial charge in [0, 0.05) is 27.2 Å². The number of amides is 1. The van der Waals surface area contributed by atoms with Crippen molar-refractivity contribution >= 4 is 45.2 Å². The largest absolute Gasteiger partial charge is 0.494 e. The van der Waals surface area contributed by atoms with Crippen LogP contribution in [0.2, 0.25) is 5.02 Å². The van der Waals surface area contributed by atoms with E-state index in [1.807, 2.05) is 74.5 Å². The van der Waals surface area contributed by atoms with E-state index in [1.54, 1.807) is 6.07 Å². The van der Waals surface area contributed by atoms with Gasteiger partial charge in [0.2, 0.25) is 0 Å². The predicted molar refractivity (Wildman–Crippen MR) is 138 cm³/mol. The molecule has 0 atom stereocenters. The number of hydrogen-bond acceptors (Lipinski definition) is 3. The summed E-state index contributed by atoms with van der Waals surface area (Å²) in [5, 5.41) is 13.0. The summed E-state index contributed by atoms with van der Waals surface area (Å²) >= 11 is 10.2. The van der Waals surface area contributed by atoms with Crippen molar-refractivity contribution in [2.75, 3.05) is 11.9 Å². The molecule has 0 fully saturated rings. The molecule has 33 heavy (non-hydrogen) atoms. The van der Waals surface area contributed by atoms with Crippen LogP contribution in [0.4, 0.5) is 5.69 Å². The third-order valence-electron chi connectivity index (χ3n) is 5.12. The van der Waals surface area contributed by atoms with E-state index in [-0.39, 0.29) is 5.57 Å². The zero-order valence-corrected chi connectivity index (χ0v) is 20.8. The predicted octanol–water partition coefficient (Wildman–Crippen LogP) is 7.20. The first-order valence-electron chi connectivity index (χ1n) is 10.7. The highest BCUT2D eigenvalue weighted by Crippen LogP contribution is 2.33. The van der Waals surface area contributed by atoms with Crippen LogP contribution in [0.25, 0.3) is 6.08 Å². The third kappa shape index (κ3) is 6.25. The lowest BCUT2D eigenvalue weighted by Crippen LogP contribution is -2.14. The standard InChI is InChI=1S/C27H24BrClN2O2/c1-3-19-9-6-8-12-25(19)31-27(32)21(17-30)13-18-14-24(29)22(26(15-18)33-4-2)16-20-10-5-7-11-23(20)28/h5-15H,3-4,16H2,1-2H3,(H,31,32)/b21-13+. The van der Waals surface area contributed by atoms with Crippen molar-refractivity contribution in [1.29, 1.82) is 5.26 Å². The van der Waals surface area contributed by atoms with Gasteiger partial charge in [-0.05, 0) is 60.4 Å². The molecular formula is C27H24BrClN2O2. The van der Waals surface area contributed by atoms with Crippen molar-refractivity contribution in [2.45, 2.75) is 26.7 Å². The molecule has 0 unspecified atom stereocenters. The molecule has 0 saturated heterocycles. The van der Waals surface area contributed by atoms with Gasteiger partial charge in [-0.3, -0.25) is 4.79 Å². The van der Waals surface area contributed by atoms with Crippen molar-refractivity contribution in [1.82, 2.24) is 0 Å². The van der Waals surface area contributed by atoms with E-state index < -0.39 is 5.91 Å². The molecule has 0 aliphatic heterocycles. The van der Waals surface area contributed by atoms with Gasteiger partial charge in [-0.25, -0.2) is 0 Å². The highest BCUT2D eigenvalue weighted by Gasteiger charge is 2.15. The lowest BCUT2D eigenvalue weighted by Gasteiger charge is -2.15. The van der Waals surface area contributed by atoms with Gasteiger partial charge in [0.05, 0.1) is 6.61 Å². The molecule has 0 heterocycles.